The van der Waals surface area contributed by atoms with Gasteiger partial charge in [0.1, 0.15) is 11.4 Å². The highest BCUT2D eigenvalue weighted by atomic mass is 16.5. The molecule has 0 aliphatic carbocycles. The lowest BCUT2D eigenvalue weighted by Gasteiger charge is -2.19. The Bertz CT molecular complexity index is 1170. The topological polar surface area (TPSA) is 92.7 Å². The van der Waals surface area contributed by atoms with Crippen LogP contribution < -0.4 is 20.3 Å². The average molecular weight is 434 g/mol. The number of aryl methyl sites for hydroxylation is 1. The molecule has 166 valence electrons. The van der Waals surface area contributed by atoms with E-state index in [0.717, 1.165) is 10.9 Å². The van der Waals surface area contributed by atoms with Crippen LogP contribution in [0.5, 0.6) is 5.75 Å². The summed E-state index contributed by atoms with van der Waals surface area (Å²) in [6, 6.07) is 16.9. The maximum atomic E-state index is 12.6. The Morgan fingerprint density at radius 3 is 2.56 bits per heavy atom. The average Bonchev–Trinajstić information content (AvgIpc) is 3.36. The Kier molecular flexibility index (Phi) is 6.11. The van der Waals surface area contributed by atoms with Gasteiger partial charge >= 0.3 is 0 Å². The number of methoxy groups -OCH3 is 1. The van der Waals surface area contributed by atoms with E-state index in [1.165, 1.54) is 0 Å². The summed E-state index contributed by atoms with van der Waals surface area (Å²) in [7, 11) is 3.40. The minimum absolute atomic E-state index is 0.112. The van der Waals surface area contributed by atoms with Gasteiger partial charge in [-0.15, -0.1) is 0 Å². The van der Waals surface area contributed by atoms with Gasteiger partial charge in [0.05, 0.1) is 18.7 Å². The lowest BCUT2D eigenvalue weighted by Crippen LogP contribution is -2.38. The van der Waals surface area contributed by atoms with Gasteiger partial charge in [0.15, 0.2) is 0 Å². The predicted molar refractivity (Wildman–Crippen MR) is 122 cm³/mol. The van der Waals surface area contributed by atoms with Crippen molar-refractivity contribution in [3.8, 4) is 5.75 Å². The molecule has 32 heavy (non-hydrogen) atoms. The molecule has 3 aromatic rings. The quantitative estimate of drug-likeness (QED) is 0.557. The first-order valence-corrected chi connectivity index (χ1v) is 10.5. The van der Waals surface area contributed by atoms with Gasteiger partial charge in [0.25, 0.3) is 5.91 Å². The minimum atomic E-state index is -0.443. The number of aromatic nitrogens is 1. The van der Waals surface area contributed by atoms with Gasteiger partial charge in [-0.25, -0.2) is 0 Å². The van der Waals surface area contributed by atoms with Gasteiger partial charge in [0.2, 0.25) is 11.8 Å². The van der Waals surface area contributed by atoms with Crippen LogP contribution in [-0.4, -0.2) is 49.0 Å². The first kappa shape index (κ1) is 21.4. The molecule has 1 saturated heterocycles. The molecule has 1 atom stereocenters. The summed E-state index contributed by atoms with van der Waals surface area (Å²) < 4.78 is 7.18. The number of fused-ring (bicyclic) bond motifs is 1. The van der Waals surface area contributed by atoms with Gasteiger partial charge in [-0.3, -0.25) is 14.4 Å². The molecule has 2 aromatic carbocycles. The smallest absolute Gasteiger partial charge is 0.267 e. The van der Waals surface area contributed by atoms with Crippen LogP contribution in [-0.2, 0) is 16.6 Å². The van der Waals surface area contributed by atoms with E-state index in [2.05, 4.69) is 10.6 Å². The third kappa shape index (κ3) is 4.16. The summed E-state index contributed by atoms with van der Waals surface area (Å²) in [6.07, 6.45) is 0.145. The Morgan fingerprint density at radius 2 is 1.78 bits per heavy atom. The summed E-state index contributed by atoms with van der Waals surface area (Å²) >= 11 is 0. The highest BCUT2D eigenvalue weighted by Gasteiger charge is 2.36. The normalized spacial score (nSPS) is 15.8. The number of hydrogen-bond acceptors (Lipinski definition) is 4. The van der Waals surface area contributed by atoms with E-state index in [9.17, 15) is 14.4 Å². The van der Waals surface area contributed by atoms with Crippen molar-refractivity contribution in [1.82, 2.24) is 15.2 Å². The summed E-state index contributed by atoms with van der Waals surface area (Å²) in [5.74, 6) is -0.357. The molecule has 0 saturated carbocycles. The second-order valence-corrected chi connectivity index (χ2v) is 7.77. The van der Waals surface area contributed by atoms with E-state index < -0.39 is 5.92 Å². The van der Waals surface area contributed by atoms with Crippen LogP contribution in [0.25, 0.3) is 10.9 Å². The van der Waals surface area contributed by atoms with Crippen molar-refractivity contribution in [2.45, 2.75) is 6.42 Å². The van der Waals surface area contributed by atoms with E-state index in [1.54, 1.807) is 24.1 Å². The number of ether oxygens (including phenoxy) is 1. The summed E-state index contributed by atoms with van der Waals surface area (Å²) in [4.78, 5) is 39.2. The van der Waals surface area contributed by atoms with Crippen LogP contribution in [0.2, 0.25) is 0 Å². The van der Waals surface area contributed by atoms with Gasteiger partial charge in [0, 0.05) is 44.0 Å². The molecule has 0 spiro atoms. The molecule has 4 rings (SSSR count). The van der Waals surface area contributed by atoms with E-state index in [-0.39, 0.29) is 30.7 Å². The van der Waals surface area contributed by atoms with Crippen LogP contribution >= 0.6 is 0 Å². The van der Waals surface area contributed by atoms with E-state index in [4.69, 9.17) is 4.74 Å². The van der Waals surface area contributed by atoms with Crippen molar-refractivity contribution in [3.63, 3.8) is 0 Å². The summed E-state index contributed by atoms with van der Waals surface area (Å²) in [6.45, 7) is 0.879. The van der Waals surface area contributed by atoms with Crippen LogP contribution in [0, 0.1) is 5.92 Å². The molecule has 1 fully saturated rings. The first-order chi connectivity index (χ1) is 15.5. The van der Waals surface area contributed by atoms with Crippen LogP contribution in [0.1, 0.15) is 16.9 Å². The molecule has 1 aliphatic heterocycles. The number of rotatable bonds is 7. The fourth-order valence-corrected chi connectivity index (χ4v) is 4.07. The number of nitrogens with zero attached hydrogens (tertiary/aromatic N) is 2. The van der Waals surface area contributed by atoms with E-state index in [1.807, 2.05) is 54.1 Å². The SMILES string of the molecule is COc1ccccc1N1C[C@@H](C(=O)NCCNC(=O)c2cc3ccccc3n2C)CC1=O. The van der Waals surface area contributed by atoms with Gasteiger partial charge < -0.3 is 24.8 Å². The van der Waals surface area contributed by atoms with Crippen LogP contribution in [0.15, 0.2) is 54.6 Å². The maximum absolute atomic E-state index is 12.6. The fourth-order valence-electron chi connectivity index (χ4n) is 4.07. The monoisotopic (exact) mass is 434 g/mol. The Labute approximate surface area is 186 Å². The van der Waals surface area contributed by atoms with Crippen molar-refractivity contribution in [2.24, 2.45) is 13.0 Å². The second kappa shape index (κ2) is 9.13. The van der Waals surface area contributed by atoms with Crippen molar-refractivity contribution in [1.29, 1.82) is 0 Å². The van der Waals surface area contributed by atoms with Crippen LogP contribution in [0.3, 0.4) is 0 Å². The molecule has 3 amide bonds. The number of carbonyl (C=O) groups is 3. The highest BCUT2D eigenvalue weighted by Crippen LogP contribution is 2.32. The number of hydrogen-bond donors (Lipinski definition) is 2. The molecule has 0 bridgehead atoms. The number of carbonyl (C=O) groups excluding carboxylic acids is 3. The predicted octanol–water partition coefficient (Wildman–Crippen LogP) is 2.09. The van der Waals surface area contributed by atoms with Gasteiger partial charge in [-0.2, -0.15) is 0 Å². The Morgan fingerprint density at radius 1 is 1.06 bits per heavy atom. The van der Waals surface area contributed by atoms with Crippen LogP contribution in [0.4, 0.5) is 5.69 Å². The minimum Gasteiger partial charge on any atom is -0.495 e. The molecule has 1 aliphatic rings. The molecular weight excluding hydrogens is 408 g/mol. The largest absolute Gasteiger partial charge is 0.495 e. The maximum Gasteiger partial charge on any atom is 0.267 e. The number of para-hydroxylation sites is 3. The zero-order chi connectivity index (χ0) is 22.7. The van der Waals surface area contributed by atoms with Gasteiger partial charge in [-0.05, 0) is 24.3 Å². The first-order valence-electron chi connectivity index (χ1n) is 10.5. The van der Waals surface area contributed by atoms with Crippen molar-refractivity contribution in [3.05, 3.63) is 60.3 Å². The van der Waals surface area contributed by atoms with Crippen molar-refractivity contribution in [2.75, 3.05) is 31.6 Å². The molecule has 2 heterocycles. The third-order valence-electron chi connectivity index (χ3n) is 5.77. The molecule has 2 N–H and O–H groups in total. The Balaban J connectivity index is 1.28. The lowest BCUT2D eigenvalue weighted by molar-refractivity contribution is -0.126. The molecule has 8 nitrogen and oxygen atoms in total. The molecule has 8 heteroatoms. The van der Waals surface area contributed by atoms with E-state index >= 15 is 0 Å². The number of anilines is 1. The molecular formula is C24H26N4O4. The zero-order valence-corrected chi connectivity index (χ0v) is 18.1. The van der Waals surface area contributed by atoms with Gasteiger partial charge in [-0.1, -0.05) is 30.3 Å². The molecule has 0 radical (unpaired) electrons. The molecule has 1 aromatic heterocycles. The van der Waals surface area contributed by atoms with Crippen molar-refractivity contribution >= 4 is 34.3 Å². The lowest BCUT2D eigenvalue weighted by atomic mass is 10.1. The van der Waals surface area contributed by atoms with Crippen molar-refractivity contribution < 1.29 is 19.1 Å². The highest BCUT2D eigenvalue weighted by molar-refractivity contribution is 6.01. The standard InChI is InChI=1S/C24H26N4O4/c1-27-18-8-4-3-7-16(18)13-20(27)24(31)26-12-11-25-23(30)17-14-22(29)28(15-17)19-9-5-6-10-21(19)32-2/h3-10,13,17H,11-12,14-15H2,1-2H3,(H,25,30)(H,26,31)/t17-/m0/s1. The van der Waals surface area contributed by atoms with E-state index in [0.29, 0.717) is 30.2 Å². The summed E-state index contributed by atoms with van der Waals surface area (Å²) in [5, 5.41) is 6.66. The number of nitrogens with one attached hydrogen (secondary N) is 2. The Hall–Kier alpha value is -3.81. The third-order valence-corrected chi connectivity index (χ3v) is 5.77. The zero-order valence-electron chi connectivity index (χ0n) is 18.1. The molecule has 0 unspecified atom stereocenters. The second-order valence-electron chi connectivity index (χ2n) is 7.77. The number of amides is 3. The fraction of sp³-hybridized carbons (Fsp3) is 0.292. The summed E-state index contributed by atoms with van der Waals surface area (Å²) in [5.41, 5.74) is 2.21. The number of benzene rings is 2.